The lowest BCUT2D eigenvalue weighted by Gasteiger charge is -2.34. The predicted molar refractivity (Wildman–Crippen MR) is 107 cm³/mol. The van der Waals surface area contributed by atoms with Crippen molar-refractivity contribution in [2.24, 2.45) is 5.41 Å². The van der Waals surface area contributed by atoms with Gasteiger partial charge in [0, 0.05) is 30.4 Å². The van der Waals surface area contributed by atoms with Gasteiger partial charge in [-0.2, -0.15) is 0 Å². The molecule has 2 aliphatic rings. The Balaban J connectivity index is 1.44. The van der Waals surface area contributed by atoms with Gasteiger partial charge in [-0.1, -0.05) is 25.1 Å². The zero-order valence-corrected chi connectivity index (χ0v) is 16.3. The molecule has 1 atom stereocenters. The second-order valence-electron chi connectivity index (χ2n) is 8.33. The Kier molecular flexibility index (Phi) is 4.96. The number of furan rings is 1. The second-order valence-corrected chi connectivity index (χ2v) is 8.33. The lowest BCUT2D eigenvalue weighted by atomic mass is 9.81. The molecule has 1 aromatic heterocycles. The second kappa shape index (κ2) is 7.39. The van der Waals surface area contributed by atoms with Crippen LogP contribution in [0, 0.1) is 5.41 Å². The number of para-hydroxylation sites is 1. The van der Waals surface area contributed by atoms with Crippen molar-refractivity contribution < 1.29 is 9.21 Å². The van der Waals surface area contributed by atoms with E-state index in [1.165, 1.54) is 11.3 Å². The summed E-state index contributed by atoms with van der Waals surface area (Å²) in [5.41, 5.74) is 3.75. The highest BCUT2D eigenvalue weighted by Crippen LogP contribution is 2.33. The number of anilines is 1. The van der Waals surface area contributed by atoms with Crippen LogP contribution in [0.15, 0.2) is 41.0 Å². The van der Waals surface area contributed by atoms with Crippen molar-refractivity contribution in [3.8, 4) is 0 Å². The molecule has 2 aromatic rings. The van der Waals surface area contributed by atoms with Gasteiger partial charge in [0.15, 0.2) is 5.76 Å². The molecular formula is C22H29N3O2. The Morgan fingerprint density at radius 3 is 2.89 bits per heavy atom. The molecule has 5 heteroatoms. The maximum Gasteiger partial charge on any atom is 0.287 e. The summed E-state index contributed by atoms with van der Waals surface area (Å²) in [6.45, 7) is 7.91. The maximum atomic E-state index is 12.8. The van der Waals surface area contributed by atoms with Crippen molar-refractivity contribution in [1.29, 1.82) is 0 Å². The zero-order chi connectivity index (χ0) is 18.9. The fourth-order valence-electron chi connectivity index (χ4n) is 4.29. The molecule has 0 radical (unpaired) electrons. The van der Waals surface area contributed by atoms with Gasteiger partial charge in [0.25, 0.3) is 5.91 Å². The Hall–Kier alpha value is -2.27. The van der Waals surface area contributed by atoms with E-state index in [-0.39, 0.29) is 11.3 Å². The highest BCUT2D eigenvalue weighted by Gasteiger charge is 2.30. The number of amides is 1. The minimum Gasteiger partial charge on any atom is -0.459 e. The van der Waals surface area contributed by atoms with Crippen molar-refractivity contribution in [2.75, 3.05) is 24.5 Å². The largest absolute Gasteiger partial charge is 0.459 e. The van der Waals surface area contributed by atoms with Crippen LogP contribution < -0.4 is 15.5 Å². The molecule has 0 bridgehead atoms. The fraction of sp³-hybridized carbons (Fsp3) is 0.500. The smallest absolute Gasteiger partial charge is 0.287 e. The number of carbonyl (C=O) groups excluding carboxylic acids is 1. The van der Waals surface area contributed by atoms with Crippen LogP contribution in [0.4, 0.5) is 5.69 Å². The normalized spacial score (nSPS) is 21.1. The van der Waals surface area contributed by atoms with E-state index in [1.807, 2.05) is 6.07 Å². The Morgan fingerprint density at radius 1 is 1.30 bits per heavy atom. The highest BCUT2D eigenvalue weighted by molar-refractivity contribution is 5.93. The number of rotatable bonds is 5. The van der Waals surface area contributed by atoms with Gasteiger partial charge in [-0.3, -0.25) is 4.79 Å². The summed E-state index contributed by atoms with van der Waals surface area (Å²) in [7, 11) is 0. The van der Waals surface area contributed by atoms with Crippen molar-refractivity contribution in [2.45, 2.75) is 45.7 Å². The first-order valence-corrected chi connectivity index (χ1v) is 9.96. The quantitative estimate of drug-likeness (QED) is 0.851. The number of benzene rings is 1. The third kappa shape index (κ3) is 3.74. The van der Waals surface area contributed by atoms with Crippen molar-refractivity contribution >= 4 is 11.6 Å². The molecule has 144 valence electrons. The first-order chi connectivity index (χ1) is 13.1. The third-order valence-corrected chi connectivity index (χ3v) is 6.13. The van der Waals surface area contributed by atoms with Gasteiger partial charge in [-0.05, 0) is 62.4 Å². The summed E-state index contributed by atoms with van der Waals surface area (Å²) in [6, 6.07) is 10.9. The molecule has 3 heterocycles. The first-order valence-electron chi connectivity index (χ1n) is 9.96. The monoisotopic (exact) mass is 367 g/mol. The van der Waals surface area contributed by atoms with Gasteiger partial charge in [-0.15, -0.1) is 0 Å². The number of nitrogens with one attached hydrogen (secondary N) is 2. The molecule has 1 fully saturated rings. The van der Waals surface area contributed by atoms with Crippen LogP contribution >= 0.6 is 0 Å². The van der Waals surface area contributed by atoms with Gasteiger partial charge >= 0.3 is 0 Å². The van der Waals surface area contributed by atoms with E-state index in [9.17, 15) is 4.79 Å². The molecule has 1 unspecified atom stereocenters. The van der Waals surface area contributed by atoms with Crippen LogP contribution in [0.3, 0.4) is 0 Å². The average molecular weight is 367 g/mol. The Morgan fingerprint density at radius 2 is 2.07 bits per heavy atom. The van der Waals surface area contributed by atoms with Crippen LogP contribution in [0.25, 0.3) is 0 Å². The van der Waals surface area contributed by atoms with Crippen LogP contribution in [-0.4, -0.2) is 31.6 Å². The third-order valence-electron chi connectivity index (χ3n) is 6.13. The summed E-state index contributed by atoms with van der Waals surface area (Å²) in [5, 5.41) is 6.49. The van der Waals surface area contributed by atoms with E-state index in [1.54, 1.807) is 6.26 Å². The minimum atomic E-state index is -0.102. The molecule has 27 heavy (non-hydrogen) atoms. The topological polar surface area (TPSA) is 57.5 Å². The molecule has 2 N–H and O–H groups in total. The van der Waals surface area contributed by atoms with Gasteiger partial charge < -0.3 is 20.0 Å². The molecule has 0 saturated carbocycles. The van der Waals surface area contributed by atoms with Crippen molar-refractivity contribution in [1.82, 2.24) is 10.6 Å². The van der Waals surface area contributed by atoms with Gasteiger partial charge in [-0.25, -0.2) is 0 Å². The molecule has 5 nitrogen and oxygen atoms in total. The lowest BCUT2D eigenvalue weighted by Crippen LogP contribution is -2.43. The van der Waals surface area contributed by atoms with Crippen molar-refractivity contribution in [3.63, 3.8) is 0 Å². The molecule has 2 aliphatic heterocycles. The highest BCUT2D eigenvalue weighted by atomic mass is 16.3. The number of piperidine rings is 1. The minimum absolute atomic E-state index is 0.102. The number of nitrogens with zero attached hydrogens (tertiary/aromatic N) is 1. The summed E-state index contributed by atoms with van der Waals surface area (Å²) in [4.78, 5) is 15.1. The average Bonchev–Trinajstić information content (AvgIpc) is 3.26. The predicted octanol–water partition coefficient (Wildman–Crippen LogP) is 3.35. The first kappa shape index (κ1) is 18.1. The number of fused-ring (bicyclic) bond motifs is 1. The molecule has 0 spiro atoms. The molecule has 4 rings (SSSR count). The van der Waals surface area contributed by atoms with Crippen molar-refractivity contribution in [3.05, 3.63) is 53.5 Å². The van der Waals surface area contributed by atoms with E-state index in [0.717, 1.165) is 37.9 Å². The Bertz CT molecular complexity index is 807. The Labute approximate surface area is 161 Å². The number of hydrogen-bond donors (Lipinski definition) is 2. The fourth-order valence-corrected chi connectivity index (χ4v) is 4.29. The summed E-state index contributed by atoms with van der Waals surface area (Å²) >= 11 is 0. The van der Waals surface area contributed by atoms with Crippen LogP contribution in [0.2, 0.25) is 0 Å². The SMILES string of the molecule is CC1Cc2ccccc2N1Cc1ccoc1C(=O)NCC1(C)CCNCC1. The summed E-state index contributed by atoms with van der Waals surface area (Å²) < 4.78 is 5.58. The zero-order valence-electron chi connectivity index (χ0n) is 16.3. The summed E-state index contributed by atoms with van der Waals surface area (Å²) in [6.07, 6.45) is 4.84. The number of hydrogen-bond acceptors (Lipinski definition) is 4. The van der Waals surface area contributed by atoms with Crippen LogP contribution in [-0.2, 0) is 13.0 Å². The van der Waals surface area contributed by atoms with Gasteiger partial charge in [0.2, 0.25) is 0 Å². The van der Waals surface area contributed by atoms with E-state index < -0.39 is 0 Å². The standard InChI is InChI=1S/C22H29N3O2/c1-16-13-17-5-3-4-6-19(17)25(16)14-18-7-12-27-20(18)21(26)24-15-22(2)8-10-23-11-9-22/h3-7,12,16,23H,8-11,13-15H2,1-2H3,(H,24,26). The lowest BCUT2D eigenvalue weighted by molar-refractivity contribution is 0.0893. The molecule has 0 aliphatic carbocycles. The van der Waals surface area contributed by atoms with E-state index in [0.29, 0.717) is 24.9 Å². The van der Waals surface area contributed by atoms with E-state index >= 15 is 0 Å². The summed E-state index contributed by atoms with van der Waals surface area (Å²) in [5.74, 6) is 0.346. The molecule has 1 saturated heterocycles. The molecule has 1 amide bonds. The van der Waals surface area contributed by atoms with E-state index in [2.05, 4.69) is 53.6 Å². The van der Waals surface area contributed by atoms with Gasteiger partial charge in [0.1, 0.15) is 0 Å². The molecular weight excluding hydrogens is 338 g/mol. The maximum absolute atomic E-state index is 12.8. The van der Waals surface area contributed by atoms with Gasteiger partial charge in [0.05, 0.1) is 6.26 Å². The number of carbonyl (C=O) groups is 1. The van der Waals surface area contributed by atoms with E-state index in [4.69, 9.17) is 4.42 Å². The van der Waals surface area contributed by atoms with Crippen LogP contribution in [0.5, 0.6) is 0 Å². The van der Waals surface area contributed by atoms with Crippen LogP contribution in [0.1, 0.15) is 48.4 Å². The molecule has 1 aromatic carbocycles.